The Morgan fingerprint density at radius 1 is 1.32 bits per heavy atom. The van der Waals surface area contributed by atoms with Crippen LogP contribution in [0.15, 0.2) is 14.7 Å². The fraction of sp³-hybridized carbons (Fsp3) is 0.692. The van der Waals surface area contributed by atoms with Crippen LogP contribution in [0.4, 0.5) is 0 Å². The molecule has 4 rings (SSSR count). The highest BCUT2D eigenvalue weighted by molar-refractivity contribution is 9.11. The molecule has 3 nitrogen and oxygen atoms in total. The third-order valence-electron chi connectivity index (χ3n) is 5.16. The maximum Gasteiger partial charge on any atom is 0.241 e. The Morgan fingerprint density at radius 3 is 2.47 bits per heavy atom. The predicted octanol–water partition coefficient (Wildman–Crippen LogP) is 3.14. The molecule has 0 spiro atoms. The molecule has 6 heteroatoms. The van der Waals surface area contributed by atoms with E-state index >= 15 is 0 Å². The summed E-state index contributed by atoms with van der Waals surface area (Å²) in [6.07, 6.45) is 3.97. The molecule has 1 N–H and O–H groups in total. The molecular weight excluding hydrogens is 346 g/mol. The first-order chi connectivity index (χ1) is 8.97. The van der Waals surface area contributed by atoms with E-state index in [9.17, 15) is 8.42 Å². The number of thiophene rings is 1. The van der Waals surface area contributed by atoms with E-state index in [1.807, 2.05) is 6.92 Å². The van der Waals surface area contributed by atoms with Crippen LogP contribution in [-0.2, 0) is 10.0 Å². The lowest BCUT2D eigenvalue weighted by molar-refractivity contribution is 0.456. The van der Waals surface area contributed by atoms with Gasteiger partial charge in [0.15, 0.2) is 0 Å². The standard InChI is InChI=1S/C13H16BrNO2S2/c1-6-9(5-10(14)18-6)19(16,17)15-13-11-7-2-3-8(4-7)12(11)13/h5,7-8,11-13,15H,2-4H2,1H3. The first-order valence-corrected chi connectivity index (χ1v) is 9.85. The van der Waals surface area contributed by atoms with Gasteiger partial charge >= 0.3 is 0 Å². The lowest BCUT2D eigenvalue weighted by Gasteiger charge is -2.11. The molecule has 0 radical (unpaired) electrons. The average Bonchev–Trinajstić information content (AvgIpc) is 2.71. The highest BCUT2D eigenvalue weighted by Crippen LogP contribution is 2.65. The molecule has 3 aliphatic rings. The zero-order valence-electron chi connectivity index (χ0n) is 10.6. The van der Waals surface area contributed by atoms with Gasteiger partial charge in [-0.25, -0.2) is 13.1 Å². The summed E-state index contributed by atoms with van der Waals surface area (Å²) in [5, 5.41) is 0. The molecule has 2 bridgehead atoms. The minimum Gasteiger partial charge on any atom is -0.207 e. The molecule has 3 fully saturated rings. The molecule has 19 heavy (non-hydrogen) atoms. The van der Waals surface area contributed by atoms with Crippen LogP contribution in [-0.4, -0.2) is 14.5 Å². The van der Waals surface area contributed by atoms with Gasteiger partial charge in [-0.15, -0.1) is 11.3 Å². The van der Waals surface area contributed by atoms with Gasteiger partial charge in [0.05, 0.1) is 8.68 Å². The molecule has 3 aliphatic carbocycles. The molecule has 0 amide bonds. The molecule has 1 heterocycles. The normalized spacial score (nSPS) is 39.6. The zero-order chi connectivity index (χ0) is 13.4. The van der Waals surface area contributed by atoms with E-state index in [1.54, 1.807) is 6.07 Å². The number of fused-ring (bicyclic) bond motifs is 5. The number of halogens is 1. The molecule has 4 atom stereocenters. The average molecular weight is 362 g/mol. The number of rotatable bonds is 3. The number of nitrogens with one attached hydrogen (secondary N) is 1. The van der Waals surface area contributed by atoms with Gasteiger partial charge < -0.3 is 0 Å². The number of sulfonamides is 1. The summed E-state index contributed by atoms with van der Waals surface area (Å²) in [5.74, 6) is 2.85. The number of hydrogen-bond donors (Lipinski definition) is 1. The Bertz CT molecular complexity index is 623. The van der Waals surface area contributed by atoms with Crippen LogP contribution in [0, 0.1) is 30.6 Å². The first kappa shape index (κ1) is 12.8. The SMILES string of the molecule is Cc1sc(Br)cc1S(=O)(=O)NC1C2C3CCC(C3)C12. The number of hydrogen-bond acceptors (Lipinski definition) is 3. The fourth-order valence-corrected chi connectivity index (χ4v) is 8.14. The summed E-state index contributed by atoms with van der Waals surface area (Å²) in [4.78, 5) is 1.30. The Hall–Kier alpha value is 0.0900. The van der Waals surface area contributed by atoms with Gasteiger partial charge in [0.25, 0.3) is 0 Å². The van der Waals surface area contributed by atoms with E-state index in [0.29, 0.717) is 16.7 Å². The second-order valence-corrected chi connectivity index (χ2v) is 10.4. The lowest BCUT2D eigenvalue weighted by Crippen LogP contribution is -2.30. The Morgan fingerprint density at radius 2 is 1.95 bits per heavy atom. The third-order valence-corrected chi connectivity index (χ3v) is 8.43. The van der Waals surface area contributed by atoms with Crippen molar-refractivity contribution in [2.45, 2.75) is 37.1 Å². The van der Waals surface area contributed by atoms with E-state index in [0.717, 1.165) is 20.5 Å². The van der Waals surface area contributed by atoms with Crippen molar-refractivity contribution in [3.05, 3.63) is 14.7 Å². The van der Waals surface area contributed by atoms with Crippen molar-refractivity contribution < 1.29 is 8.42 Å². The molecule has 1 aromatic heterocycles. The highest BCUT2D eigenvalue weighted by atomic mass is 79.9. The van der Waals surface area contributed by atoms with Crippen molar-refractivity contribution in [1.82, 2.24) is 4.72 Å². The van der Waals surface area contributed by atoms with Crippen molar-refractivity contribution in [3.8, 4) is 0 Å². The van der Waals surface area contributed by atoms with Gasteiger partial charge in [-0.1, -0.05) is 0 Å². The molecular formula is C13H16BrNO2S2. The van der Waals surface area contributed by atoms with E-state index < -0.39 is 10.0 Å². The quantitative estimate of drug-likeness (QED) is 0.898. The van der Waals surface area contributed by atoms with E-state index in [1.165, 1.54) is 30.6 Å². The van der Waals surface area contributed by atoms with Gasteiger partial charge in [0.1, 0.15) is 0 Å². The largest absolute Gasteiger partial charge is 0.241 e. The molecule has 0 aromatic carbocycles. The van der Waals surface area contributed by atoms with E-state index in [4.69, 9.17) is 0 Å². The molecule has 0 aliphatic heterocycles. The summed E-state index contributed by atoms with van der Waals surface area (Å²) in [6, 6.07) is 1.93. The van der Waals surface area contributed by atoms with Crippen LogP contribution in [0.2, 0.25) is 0 Å². The van der Waals surface area contributed by atoms with Gasteiger partial charge in [-0.05, 0) is 71.9 Å². The van der Waals surface area contributed by atoms with Crippen LogP contribution >= 0.6 is 27.3 Å². The van der Waals surface area contributed by atoms with Crippen LogP contribution in [0.5, 0.6) is 0 Å². The van der Waals surface area contributed by atoms with Crippen molar-refractivity contribution in [2.24, 2.45) is 23.7 Å². The Balaban J connectivity index is 1.56. The topological polar surface area (TPSA) is 46.2 Å². The fourth-order valence-electron chi connectivity index (χ4n) is 4.42. The molecule has 1 aromatic rings. The van der Waals surface area contributed by atoms with Crippen LogP contribution < -0.4 is 4.72 Å². The van der Waals surface area contributed by atoms with Crippen LogP contribution in [0.1, 0.15) is 24.1 Å². The van der Waals surface area contributed by atoms with Crippen molar-refractivity contribution in [3.63, 3.8) is 0 Å². The Kier molecular flexibility index (Phi) is 2.73. The molecule has 104 valence electrons. The smallest absolute Gasteiger partial charge is 0.207 e. The van der Waals surface area contributed by atoms with Crippen molar-refractivity contribution in [2.75, 3.05) is 0 Å². The summed E-state index contributed by atoms with van der Waals surface area (Å²) < 4.78 is 28.8. The predicted molar refractivity (Wildman–Crippen MR) is 78.7 cm³/mol. The second kappa shape index (κ2) is 4.06. The summed E-state index contributed by atoms with van der Waals surface area (Å²) in [5.41, 5.74) is 0. The number of aryl methyl sites for hydroxylation is 1. The van der Waals surface area contributed by atoms with Gasteiger partial charge in [0, 0.05) is 10.9 Å². The van der Waals surface area contributed by atoms with Crippen molar-refractivity contribution >= 4 is 37.3 Å². The monoisotopic (exact) mass is 361 g/mol. The lowest BCUT2D eigenvalue weighted by atomic mass is 10.0. The molecule has 0 saturated heterocycles. The maximum absolute atomic E-state index is 12.5. The van der Waals surface area contributed by atoms with Gasteiger partial charge in [-0.2, -0.15) is 0 Å². The third kappa shape index (κ3) is 1.87. The van der Waals surface area contributed by atoms with Crippen molar-refractivity contribution in [1.29, 1.82) is 0 Å². The molecule has 4 unspecified atom stereocenters. The van der Waals surface area contributed by atoms with E-state index in [-0.39, 0.29) is 6.04 Å². The zero-order valence-corrected chi connectivity index (χ0v) is 13.8. The minimum atomic E-state index is -3.34. The van der Waals surface area contributed by atoms with Gasteiger partial charge in [0.2, 0.25) is 10.0 Å². The summed E-state index contributed by atoms with van der Waals surface area (Å²) in [6.45, 7) is 1.86. The van der Waals surface area contributed by atoms with Gasteiger partial charge in [-0.3, -0.25) is 0 Å². The van der Waals surface area contributed by atoms with Crippen LogP contribution in [0.3, 0.4) is 0 Å². The Labute approximate surface area is 126 Å². The summed E-state index contributed by atoms with van der Waals surface area (Å²) >= 11 is 4.84. The van der Waals surface area contributed by atoms with Crippen LogP contribution in [0.25, 0.3) is 0 Å². The maximum atomic E-state index is 12.5. The van der Waals surface area contributed by atoms with E-state index in [2.05, 4.69) is 20.7 Å². The minimum absolute atomic E-state index is 0.217. The molecule has 3 saturated carbocycles. The summed E-state index contributed by atoms with van der Waals surface area (Å²) in [7, 11) is -3.34. The first-order valence-electron chi connectivity index (χ1n) is 6.75. The highest BCUT2D eigenvalue weighted by Gasteiger charge is 2.65. The second-order valence-electron chi connectivity index (χ2n) is 6.11.